The minimum atomic E-state index is -0.0290. The zero-order valence-electron chi connectivity index (χ0n) is 8.33. The highest BCUT2D eigenvalue weighted by Crippen LogP contribution is 2.18. The van der Waals surface area contributed by atoms with Crippen LogP contribution in [0.1, 0.15) is 36.9 Å². The molecule has 0 heterocycles. The second kappa shape index (κ2) is 4.40. The van der Waals surface area contributed by atoms with Crippen molar-refractivity contribution in [1.29, 1.82) is 0 Å². The Labute approximate surface area is 79.9 Å². The van der Waals surface area contributed by atoms with Crippen molar-refractivity contribution in [3.8, 4) is 0 Å². The van der Waals surface area contributed by atoms with Crippen molar-refractivity contribution in [2.45, 2.75) is 25.8 Å². The van der Waals surface area contributed by atoms with Crippen molar-refractivity contribution in [2.24, 2.45) is 11.5 Å². The van der Waals surface area contributed by atoms with Crippen molar-refractivity contribution in [3.05, 3.63) is 35.4 Å². The zero-order valence-corrected chi connectivity index (χ0v) is 8.33. The molecule has 1 rings (SSSR count). The first-order chi connectivity index (χ1) is 6.15. The first-order valence-electron chi connectivity index (χ1n) is 4.70. The van der Waals surface area contributed by atoms with Gasteiger partial charge in [-0.1, -0.05) is 38.1 Å². The summed E-state index contributed by atoms with van der Waals surface area (Å²) in [6, 6.07) is 8.31. The molecule has 0 saturated carbocycles. The first-order valence-corrected chi connectivity index (χ1v) is 4.70. The summed E-state index contributed by atoms with van der Waals surface area (Å²) in [6.45, 7) is 4.85. The molecule has 1 atom stereocenters. The van der Waals surface area contributed by atoms with Crippen LogP contribution in [-0.2, 0) is 0 Å². The van der Waals surface area contributed by atoms with E-state index in [1.807, 2.05) is 12.1 Å². The fourth-order valence-corrected chi connectivity index (χ4v) is 1.28. The topological polar surface area (TPSA) is 52.0 Å². The number of hydrogen-bond donors (Lipinski definition) is 2. The normalized spacial score (nSPS) is 13.3. The van der Waals surface area contributed by atoms with Crippen molar-refractivity contribution >= 4 is 0 Å². The Morgan fingerprint density at radius 3 is 2.38 bits per heavy atom. The maximum absolute atomic E-state index is 5.84. The SMILES string of the molecule is CC(C)c1cccc(C(N)CN)c1. The van der Waals surface area contributed by atoms with Crippen molar-refractivity contribution in [1.82, 2.24) is 0 Å². The van der Waals surface area contributed by atoms with Gasteiger partial charge in [0.15, 0.2) is 0 Å². The third-order valence-corrected chi connectivity index (χ3v) is 2.26. The van der Waals surface area contributed by atoms with Crippen LogP contribution in [0, 0.1) is 0 Å². The van der Waals surface area contributed by atoms with Gasteiger partial charge >= 0.3 is 0 Å². The van der Waals surface area contributed by atoms with Gasteiger partial charge in [-0.2, -0.15) is 0 Å². The van der Waals surface area contributed by atoms with Gasteiger partial charge in [-0.25, -0.2) is 0 Å². The fraction of sp³-hybridized carbons (Fsp3) is 0.455. The average Bonchev–Trinajstić information content (AvgIpc) is 2.17. The van der Waals surface area contributed by atoms with Gasteiger partial charge < -0.3 is 11.5 Å². The predicted molar refractivity (Wildman–Crippen MR) is 56.5 cm³/mol. The molecule has 0 spiro atoms. The Balaban J connectivity index is 2.91. The van der Waals surface area contributed by atoms with Gasteiger partial charge in [-0.15, -0.1) is 0 Å². The summed E-state index contributed by atoms with van der Waals surface area (Å²) in [5, 5.41) is 0. The number of benzene rings is 1. The van der Waals surface area contributed by atoms with Crippen LogP contribution in [0.2, 0.25) is 0 Å². The average molecular weight is 178 g/mol. The lowest BCUT2D eigenvalue weighted by Crippen LogP contribution is -2.20. The van der Waals surface area contributed by atoms with Crippen molar-refractivity contribution in [2.75, 3.05) is 6.54 Å². The van der Waals surface area contributed by atoms with E-state index in [-0.39, 0.29) is 6.04 Å². The standard InChI is InChI=1S/C11H18N2/c1-8(2)9-4-3-5-10(6-9)11(13)7-12/h3-6,8,11H,7,12-13H2,1-2H3. The van der Waals surface area contributed by atoms with E-state index < -0.39 is 0 Å². The molecule has 0 bridgehead atoms. The second-order valence-electron chi connectivity index (χ2n) is 3.67. The number of rotatable bonds is 3. The fourth-order valence-electron chi connectivity index (χ4n) is 1.28. The van der Waals surface area contributed by atoms with E-state index in [0.717, 1.165) is 5.56 Å². The summed E-state index contributed by atoms with van der Waals surface area (Å²) in [4.78, 5) is 0. The lowest BCUT2D eigenvalue weighted by Gasteiger charge is -2.12. The smallest absolute Gasteiger partial charge is 0.0419 e. The Kier molecular flexibility index (Phi) is 3.46. The highest BCUT2D eigenvalue weighted by molar-refractivity contribution is 5.27. The van der Waals surface area contributed by atoms with Gasteiger partial charge in [-0.3, -0.25) is 0 Å². The summed E-state index contributed by atoms with van der Waals surface area (Å²) < 4.78 is 0. The molecular weight excluding hydrogens is 160 g/mol. The first kappa shape index (κ1) is 10.2. The Morgan fingerprint density at radius 2 is 1.85 bits per heavy atom. The largest absolute Gasteiger partial charge is 0.329 e. The Hall–Kier alpha value is -0.860. The molecule has 0 saturated heterocycles. The third-order valence-electron chi connectivity index (χ3n) is 2.26. The Bertz CT molecular complexity index is 269. The minimum absolute atomic E-state index is 0.0290. The molecule has 2 nitrogen and oxygen atoms in total. The van der Waals surface area contributed by atoms with E-state index in [1.165, 1.54) is 5.56 Å². The molecule has 0 aromatic heterocycles. The summed E-state index contributed by atoms with van der Waals surface area (Å²) in [5.41, 5.74) is 13.8. The molecule has 1 aromatic rings. The van der Waals surface area contributed by atoms with Crippen LogP contribution in [0.4, 0.5) is 0 Å². The quantitative estimate of drug-likeness (QED) is 0.741. The summed E-state index contributed by atoms with van der Waals surface area (Å²) >= 11 is 0. The molecular formula is C11H18N2. The predicted octanol–water partition coefficient (Wildman–Crippen LogP) is 1.77. The summed E-state index contributed by atoms with van der Waals surface area (Å²) in [7, 11) is 0. The van der Waals surface area contributed by atoms with E-state index in [2.05, 4.69) is 26.0 Å². The molecule has 0 aliphatic carbocycles. The van der Waals surface area contributed by atoms with Gasteiger partial charge in [0.1, 0.15) is 0 Å². The van der Waals surface area contributed by atoms with Crippen LogP contribution in [0.5, 0.6) is 0 Å². The lowest BCUT2D eigenvalue weighted by atomic mass is 9.98. The van der Waals surface area contributed by atoms with Gasteiger partial charge in [0.25, 0.3) is 0 Å². The molecule has 13 heavy (non-hydrogen) atoms. The third kappa shape index (κ3) is 2.54. The van der Waals surface area contributed by atoms with Gasteiger partial charge in [-0.05, 0) is 17.0 Å². The van der Waals surface area contributed by atoms with Gasteiger partial charge in [0.2, 0.25) is 0 Å². The molecule has 4 N–H and O–H groups in total. The molecule has 0 aliphatic rings. The molecule has 72 valence electrons. The zero-order chi connectivity index (χ0) is 9.84. The maximum Gasteiger partial charge on any atom is 0.0419 e. The monoisotopic (exact) mass is 178 g/mol. The minimum Gasteiger partial charge on any atom is -0.329 e. The van der Waals surface area contributed by atoms with E-state index in [9.17, 15) is 0 Å². The molecule has 2 heteroatoms. The van der Waals surface area contributed by atoms with Crippen molar-refractivity contribution in [3.63, 3.8) is 0 Å². The van der Waals surface area contributed by atoms with Crippen LogP contribution in [0.15, 0.2) is 24.3 Å². The number of hydrogen-bond acceptors (Lipinski definition) is 2. The molecule has 1 unspecified atom stereocenters. The molecule has 0 aliphatic heterocycles. The van der Waals surface area contributed by atoms with Crippen LogP contribution < -0.4 is 11.5 Å². The maximum atomic E-state index is 5.84. The van der Waals surface area contributed by atoms with E-state index in [4.69, 9.17) is 11.5 Å². The molecule has 0 amide bonds. The summed E-state index contributed by atoms with van der Waals surface area (Å²) in [5.74, 6) is 0.546. The van der Waals surface area contributed by atoms with E-state index in [1.54, 1.807) is 0 Å². The van der Waals surface area contributed by atoms with Crippen LogP contribution in [-0.4, -0.2) is 6.54 Å². The highest BCUT2D eigenvalue weighted by atomic mass is 14.7. The highest BCUT2D eigenvalue weighted by Gasteiger charge is 2.05. The van der Waals surface area contributed by atoms with Gasteiger partial charge in [0.05, 0.1) is 0 Å². The Morgan fingerprint density at radius 1 is 1.23 bits per heavy atom. The molecule has 1 aromatic carbocycles. The molecule has 0 fully saturated rings. The van der Waals surface area contributed by atoms with E-state index >= 15 is 0 Å². The van der Waals surface area contributed by atoms with Crippen LogP contribution in [0.3, 0.4) is 0 Å². The van der Waals surface area contributed by atoms with Crippen LogP contribution >= 0.6 is 0 Å². The van der Waals surface area contributed by atoms with Gasteiger partial charge in [0, 0.05) is 12.6 Å². The van der Waals surface area contributed by atoms with Crippen LogP contribution in [0.25, 0.3) is 0 Å². The summed E-state index contributed by atoms with van der Waals surface area (Å²) in [6.07, 6.45) is 0. The molecule has 0 radical (unpaired) electrons. The lowest BCUT2D eigenvalue weighted by molar-refractivity contribution is 0.732. The van der Waals surface area contributed by atoms with Crippen molar-refractivity contribution < 1.29 is 0 Å². The second-order valence-corrected chi connectivity index (χ2v) is 3.67. The number of nitrogens with two attached hydrogens (primary N) is 2. The van der Waals surface area contributed by atoms with E-state index in [0.29, 0.717) is 12.5 Å².